The number of alkyl halides is 3. The number of pyridine rings is 1. The van der Waals surface area contributed by atoms with Crippen molar-refractivity contribution < 1.29 is 18.0 Å². The van der Waals surface area contributed by atoms with Gasteiger partial charge in [-0.15, -0.1) is 0 Å². The van der Waals surface area contributed by atoms with Gasteiger partial charge >= 0.3 is 6.18 Å². The maximum absolute atomic E-state index is 12.7. The van der Waals surface area contributed by atoms with Crippen LogP contribution in [0.25, 0.3) is 0 Å². The molecule has 1 amide bonds. The average Bonchev–Trinajstić information content (AvgIpc) is 2.41. The molecule has 1 aromatic carbocycles. The van der Waals surface area contributed by atoms with Gasteiger partial charge in [-0.2, -0.15) is 13.2 Å². The van der Waals surface area contributed by atoms with Gasteiger partial charge in [0.05, 0.1) is 17.0 Å². The predicted octanol–water partition coefficient (Wildman–Crippen LogP) is 3.94. The zero-order valence-corrected chi connectivity index (χ0v) is 11.4. The second-order valence-corrected chi connectivity index (χ2v) is 4.68. The van der Waals surface area contributed by atoms with E-state index in [0.29, 0.717) is 5.56 Å². The normalized spacial score (nSPS) is 11.2. The van der Waals surface area contributed by atoms with Crippen molar-refractivity contribution in [3.05, 3.63) is 58.9 Å². The van der Waals surface area contributed by atoms with Crippen molar-refractivity contribution in [3.8, 4) is 0 Å². The summed E-state index contributed by atoms with van der Waals surface area (Å²) in [5.41, 5.74) is -0.218. The molecular formula is C14H10ClF3N2O. The summed E-state index contributed by atoms with van der Waals surface area (Å²) < 4.78 is 38.1. The number of benzene rings is 1. The summed E-state index contributed by atoms with van der Waals surface area (Å²) in [6, 6.07) is 6.55. The summed E-state index contributed by atoms with van der Waals surface area (Å²) in [4.78, 5) is 15.6. The molecule has 2 aromatic rings. The van der Waals surface area contributed by atoms with E-state index in [1.54, 1.807) is 12.1 Å². The lowest BCUT2D eigenvalue weighted by molar-refractivity contribution is -0.137. The van der Waals surface area contributed by atoms with Crippen LogP contribution in [0, 0.1) is 0 Å². The lowest BCUT2D eigenvalue weighted by atomic mass is 10.1. The Morgan fingerprint density at radius 1 is 1.19 bits per heavy atom. The molecule has 3 nitrogen and oxygen atoms in total. The molecule has 0 spiro atoms. The van der Waals surface area contributed by atoms with Crippen molar-refractivity contribution in [3.63, 3.8) is 0 Å². The average molecular weight is 315 g/mol. The van der Waals surface area contributed by atoms with Gasteiger partial charge in [0.1, 0.15) is 0 Å². The Balaban J connectivity index is 2.11. The molecule has 110 valence electrons. The zero-order valence-electron chi connectivity index (χ0n) is 10.6. The number of carbonyl (C=O) groups is 1. The Morgan fingerprint density at radius 3 is 2.48 bits per heavy atom. The van der Waals surface area contributed by atoms with E-state index in [1.165, 1.54) is 18.5 Å². The van der Waals surface area contributed by atoms with Crippen LogP contribution in [-0.4, -0.2) is 10.9 Å². The first kappa shape index (κ1) is 15.3. The Hall–Kier alpha value is -2.08. The van der Waals surface area contributed by atoms with Gasteiger partial charge in [0.15, 0.2) is 0 Å². The van der Waals surface area contributed by atoms with Gasteiger partial charge in [0.2, 0.25) is 5.91 Å². The summed E-state index contributed by atoms with van der Waals surface area (Å²) in [5.74, 6) is -0.420. The van der Waals surface area contributed by atoms with Crippen LogP contribution in [0.3, 0.4) is 0 Å². The number of hydrogen-bond donors (Lipinski definition) is 1. The van der Waals surface area contributed by atoms with Gasteiger partial charge < -0.3 is 5.32 Å². The first-order chi connectivity index (χ1) is 9.86. The molecule has 0 atom stereocenters. The van der Waals surface area contributed by atoms with Crippen molar-refractivity contribution in [2.45, 2.75) is 12.6 Å². The molecule has 21 heavy (non-hydrogen) atoms. The molecule has 1 heterocycles. The highest BCUT2D eigenvalue weighted by Gasteiger charge is 2.33. The lowest BCUT2D eigenvalue weighted by Crippen LogP contribution is -2.15. The number of amides is 1. The summed E-state index contributed by atoms with van der Waals surface area (Å²) in [7, 11) is 0. The van der Waals surface area contributed by atoms with E-state index >= 15 is 0 Å². The van der Waals surface area contributed by atoms with Crippen LogP contribution in [-0.2, 0) is 17.4 Å². The molecule has 0 bridgehead atoms. The summed E-state index contributed by atoms with van der Waals surface area (Å²) in [6.45, 7) is 0. The van der Waals surface area contributed by atoms with E-state index in [0.717, 1.165) is 12.1 Å². The first-order valence-corrected chi connectivity index (χ1v) is 6.29. The molecule has 0 radical (unpaired) electrons. The first-order valence-electron chi connectivity index (χ1n) is 5.92. The number of halogens is 4. The van der Waals surface area contributed by atoms with E-state index in [2.05, 4.69) is 10.3 Å². The SMILES string of the molecule is O=C(Cc1ccncc1)Nc1ccc(Cl)c(C(F)(F)F)c1. The zero-order chi connectivity index (χ0) is 15.5. The Morgan fingerprint density at radius 2 is 1.86 bits per heavy atom. The van der Waals surface area contributed by atoms with Crippen molar-refractivity contribution in [1.82, 2.24) is 4.98 Å². The third-order valence-electron chi connectivity index (χ3n) is 2.67. The number of aromatic nitrogens is 1. The van der Waals surface area contributed by atoms with Crippen LogP contribution < -0.4 is 5.32 Å². The van der Waals surface area contributed by atoms with Gasteiger partial charge in [-0.1, -0.05) is 11.6 Å². The minimum absolute atomic E-state index is 0.0470. The van der Waals surface area contributed by atoms with E-state index in [9.17, 15) is 18.0 Å². The minimum Gasteiger partial charge on any atom is -0.326 e. The number of hydrogen-bond acceptors (Lipinski definition) is 2. The number of nitrogens with one attached hydrogen (secondary N) is 1. The lowest BCUT2D eigenvalue weighted by Gasteiger charge is -2.11. The number of nitrogens with zero attached hydrogens (tertiary/aromatic N) is 1. The van der Waals surface area contributed by atoms with Gasteiger partial charge in [-0.05, 0) is 35.9 Å². The molecule has 0 saturated carbocycles. The highest BCUT2D eigenvalue weighted by atomic mass is 35.5. The Bertz CT molecular complexity index is 644. The van der Waals surface area contributed by atoms with Crippen LogP contribution in [0.2, 0.25) is 5.02 Å². The van der Waals surface area contributed by atoms with Crippen molar-refractivity contribution in [2.24, 2.45) is 0 Å². The third kappa shape index (κ3) is 4.19. The van der Waals surface area contributed by atoms with Gasteiger partial charge in [0, 0.05) is 18.1 Å². The Labute approximate surface area is 123 Å². The van der Waals surface area contributed by atoms with Crippen molar-refractivity contribution in [2.75, 3.05) is 5.32 Å². The van der Waals surface area contributed by atoms with Crippen LogP contribution >= 0.6 is 11.6 Å². The fourth-order valence-electron chi connectivity index (χ4n) is 1.71. The number of carbonyl (C=O) groups excluding carboxylic acids is 1. The highest BCUT2D eigenvalue weighted by molar-refractivity contribution is 6.31. The molecule has 0 saturated heterocycles. The molecule has 0 aliphatic heterocycles. The molecule has 1 N–H and O–H groups in total. The van der Waals surface area contributed by atoms with E-state index in [-0.39, 0.29) is 12.1 Å². The molecule has 2 rings (SSSR count). The molecule has 0 aliphatic carbocycles. The van der Waals surface area contributed by atoms with Gasteiger partial charge in [0.25, 0.3) is 0 Å². The van der Waals surface area contributed by atoms with Crippen molar-refractivity contribution >= 4 is 23.2 Å². The number of rotatable bonds is 3. The molecule has 0 unspecified atom stereocenters. The molecule has 0 fully saturated rings. The summed E-state index contributed by atoms with van der Waals surface area (Å²) in [5, 5.41) is 2.00. The largest absolute Gasteiger partial charge is 0.417 e. The quantitative estimate of drug-likeness (QED) is 0.932. The van der Waals surface area contributed by atoms with Gasteiger partial charge in [-0.3, -0.25) is 9.78 Å². The fraction of sp³-hybridized carbons (Fsp3) is 0.143. The van der Waals surface area contributed by atoms with Crippen LogP contribution in [0.15, 0.2) is 42.7 Å². The highest BCUT2D eigenvalue weighted by Crippen LogP contribution is 2.36. The molecule has 0 aliphatic rings. The third-order valence-corrected chi connectivity index (χ3v) is 3.00. The van der Waals surface area contributed by atoms with Crippen LogP contribution in [0.5, 0.6) is 0 Å². The topological polar surface area (TPSA) is 42.0 Å². The maximum atomic E-state index is 12.7. The second-order valence-electron chi connectivity index (χ2n) is 4.27. The monoisotopic (exact) mass is 314 g/mol. The molecule has 1 aromatic heterocycles. The molecule has 7 heteroatoms. The van der Waals surface area contributed by atoms with Crippen LogP contribution in [0.1, 0.15) is 11.1 Å². The Kier molecular flexibility index (Phi) is 4.47. The second kappa shape index (κ2) is 6.13. The van der Waals surface area contributed by atoms with Crippen molar-refractivity contribution in [1.29, 1.82) is 0 Å². The van der Waals surface area contributed by atoms with Gasteiger partial charge in [-0.25, -0.2) is 0 Å². The number of anilines is 1. The summed E-state index contributed by atoms with van der Waals surface area (Å²) in [6.07, 6.45) is -1.45. The van der Waals surface area contributed by atoms with E-state index in [4.69, 9.17) is 11.6 Å². The van der Waals surface area contributed by atoms with Crippen LogP contribution in [0.4, 0.5) is 18.9 Å². The fourth-order valence-corrected chi connectivity index (χ4v) is 1.94. The predicted molar refractivity (Wildman–Crippen MR) is 73.0 cm³/mol. The smallest absolute Gasteiger partial charge is 0.326 e. The standard InChI is InChI=1S/C14H10ClF3N2O/c15-12-2-1-10(8-11(12)14(16,17)18)20-13(21)7-9-3-5-19-6-4-9/h1-6,8H,7H2,(H,20,21). The van der Waals surface area contributed by atoms with E-state index in [1.807, 2.05) is 0 Å². The van der Waals surface area contributed by atoms with E-state index < -0.39 is 22.7 Å². The maximum Gasteiger partial charge on any atom is 0.417 e. The minimum atomic E-state index is -4.57. The summed E-state index contributed by atoms with van der Waals surface area (Å²) >= 11 is 5.51. The molecular weight excluding hydrogens is 305 g/mol.